The average Bonchev–Trinajstić information content (AvgIpc) is 3.49. The number of nitrogens with one attached hydrogen (secondary N) is 1. The van der Waals surface area contributed by atoms with Crippen molar-refractivity contribution in [1.29, 1.82) is 0 Å². The van der Waals surface area contributed by atoms with Crippen LogP contribution in [0.15, 0.2) is 60.2 Å². The molecule has 2 aromatic heterocycles. The second-order valence-electron chi connectivity index (χ2n) is 11.8. The Labute approximate surface area is 266 Å². The molecule has 0 radical (unpaired) electrons. The van der Waals surface area contributed by atoms with Gasteiger partial charge in [0.25, 0.3) is 5.91 Å². The predicted octanol–water partition coefficient (Wildman–Crippen LogP) is 7.94. The molecule has 230 valence electrons. The van der Waals surface area contributed by atoms with Crippen LogP contribution in [0.3, 0.4) is 0 Å². The molecule has 0 saturated carbocycles. The Balaban J connectivity index is 1.40. The van der Waals surface area contributed by atoms with E-state index in [0.717, 1.165) is 49.2 Å². The summed E-state index contributed by atoms with van der Waals surface area (Å²) in [6, 6.07) is 12.8. The second kappa shape index (κ2) is 13.7. The smallest absolute Gasteiger partial charge is 0.306 e. The van der Waals surface area contributed by atoms with E-state index >= 15 is 0 Å². The Morgan fingerprint density at radius 3 is 2.68 bits per heavy atom. The van der Waals surface area contributed by atoms with E-state index < -0.39 is 5.60 Å². The lowest BCUT2D eigenvalue weighted by Gasteiger charge is -2.37. The molecule has 0 bridgehead atoms. The van der Waals surface area contributed by atoms with E-state index in [1.54, 1.807) is 23.8 Å². The van der Waals surface area contributed by atoms with Crippen molar-refractivity contribution in [2.45, 2.75) is 59.0 Å². The molecule has 0 aliphatic carbocycles. The number of thiazole rings is 1. The molecule has 9 nitrogen and oxygen atoms in total. The fourth-order valence-electron chi connectivity index (χ4n) is 5.28. The van der Waals surface area contributed by atoms with Crippen LogP contribution >= 0.6 is 22.9 Å². The Morgan fingerprint density at radius 1 is 1.11 bits per heavy atom. The lowest BCUT2D eigenvalue weighted by molar-refractivity contribution is -0.155. The van der Waals surface area contributed by atoms with Gasteiger partial charge < -0.3 is 19.7 Å². The van der Waals surface area contributed by atoms with Gasteiger partial charge in [0, 0.05) is 36.0 Å². The lowest BCUT2D eigenvalue weighted by atomic mass is 9.92. The molecule has 11 heteroatoms. The summed E-state index contributed by atoms with van der Waals surface area (Å²) in [6.07, 6.45) is 6.28. The van der Waals surface area contributed by atoms with Crippen molar-refractivity contribution >= 4 is 46.2 Å². The number of amides is 1. The topological polar surface area (TPSA) is 107 Å². The zero-order valence-electron chi connectivity index (χ0n) is 25.3. The van der Waals surface area contributed by atoms with Gasteiger partial charge in [-0.1, -0.05) is 23.7 Å². The van der Waals surface area contributed by atoms with Gasteiger partial charge in [0.2, 0.25) is 0 Å². The zero-order chi connectivity index (χ0) is 31.3. The number of rotatable bonds is 9. The van der Waals surface area contributed by atoms with Crippen molar-refractivity contribution in [2.24, 2.45) is 5.92 Å². The van der Waals surface area contributed by atoms with Crippen molar-refractivity contribution < 1.29 is 19.1 Å². The summed E-state index contributed by atoms with van der Waals surface area (Å²) in [5.41, 5.74) is 3.01. The first-order chi connectivity index (χ1) is 21.1. The Bertz CT molecular complexity index is 1620. The molecule has 0 spiro atoms. The van der Waals surface area contributed by atoms with E-state index in [1.165, 1.54) is 11.3 Å². The van der Waals surface area contributed by atoms with E-state index in [-0.39, 0.29) is 11.9 Å². The molecule has 1 fully saturated rings. The van der Waals surface area contributed by atoms with Crippen LogP contribution in [0.2, 0.25) is 5.02 Å². The zero-order valence-corrected chi connectivity index (χ0v) is 26.9. The first-order valence-corrected chi connectivity index (χ1v) is 15.9. The number of carbonyl (C=O) groups excluding carboxylic acids is 2. The minimum atomic E-state index is -0.505. The molecule has 2 aromatic carbocycles. The highest BCUT2D eigenvalue weighted by Gasteiger charge is 2.27. The minimum Gasteiger partial charge on any atom is -0.460 e. The third-order valence-electron chi connectivity index (χ3n) is 7.27. The van der Waals surface area contributed by atoms with Gasteiger partial charge in [0.15, 0.2) is 0 Å². The Morgan fingerprint density at radius 2 is 1.93 bits per heavy atom. The summed E-state index contributed by atoms with van der Waals surface area (Å²) in [4.78, 5) is 32.7. The maximum atomic E-state index is 13.5. The van der Waals surface area contributed by atoms with E-state index in [2.05, 4.69) is 25.4 Å². The molecule has 1 N–H and O–H groups in total. The third kappa shape index (κ3) is 7.92. The predicted molar refractivity (Wildman–Crippen MR) is 174 cm³/mol. The van der Waals surface area contributed by atoms with Crippen molar-refractivity contribution in [1.82, 2.24) is 15.2 Å². The van der Waals surface area contributed by atoms with Gasteiger partial charge in [-0.3, -0.25) is 9.59 Å². The number of halogens is 1. The van der Waals surface area contributed by atoms with Crippen molar-refractivity contribution in [3.05, 3.63) is 76.5 Å². The maximum Gasteiger partial charge on any atom is 0.306 e. The number of hydrogen-bond acceptors (Lipinski definition) is 9. The van der Waals surface area contributed by atoms with Crippen LogP contribution in [-0.2, 0) is 9.53 Å². The summed E-state index contributed by atoms with van der Waals surface area (Å²) in [6.45, 7) is 9.17. The molecule has 0 unspecified atom stereocenters. The monoisotopic (exact) mass is 633 g/mol. The molecular formula is C33H36ClN5O4S. The van der Waals surface area contributed by atoms with Gasteiger partial charge in [0.1, 0.15) is 27.8 Å². The molecule has 44 heavy (non-hydrogen) atoms. The normalized spacial score (nSPS) is 15.1. The molecule has 4 aromatic rings. The van der Waals surface area contributed by atoms with Gasteiger partial charge >= 0.3 is 5.97 Å². The number of hydrogen-bond donors (Lipinski definition) is 1. The quantitative estimate of drug-likeness (QED) is 0.185. The van der Waals surface area contributed by atoms with Crippen LogP contribution in [0.5, 0.6) is 11.5 Å². The fourth-order valence-corrected chi connectivity index (χ4v) is 6.24. The van der Waals surface area contributed by atoms with E-state index in [0.29, 0.717) is 45.2 Å². The fraction of sp³-hybridized carbons (Fsp3) is 0.364. The molecule has 3 heterocycles. The number of aromatic nitrogens is 3. The molecule has 1 saturated heterocycles. The van der Waals surface area contributed by atoms with Crippen LogP contribution in [0.4, 0.5) is 11.4 Å². The highest BCUT2D eigenvalue weighted by molar-refractivity contribution is 7.13. The van der Waals surface area contributed by atoms with Gasteiger partial charge in [0.05, 0.1) is 28.8 Å². The second-order valence-corrected chi connectivity index (χ2v) is 13.1. The van der Waals surface area contributed by atoms with Crippen molar-refractivity contribution in [3.8, 4) is 22.1 Å². The Hall–Kier alpha value is -4.02. The number of para-hydroxylation sites is 1. The van der Waals surface area contributed by atoms with E-state index in [1.807, 2.05) is 64.1 Å². The summed E-state index contributed by atoms with van der Waals surface area (Å²) < 4.78 is 11.8. The molecule has 1 atom stereocenters. The average molecular weight is 634 g/mol. The minimum absolute atomic E-state index is 0.181. The largest absolute Gasteiger partial charge is 0.460 e. The summed E-state index contributed by atoms with van der Waals surface area (Å²) in [5, 5.41) is 13.8. The van der Waals surface area contributed by atoms with Crippen LogP contribution in [0.25, 0.3) is 10.6 Å². The number of esters is 1. The van der Waals surface area contributed by atoms with Crippen LogP contribution in [0, 0.1) is 12.8 Å². The highest BCUT2D eigenvalue weighted by atomic mass is 35.5. The Kier molecular flexibility index (Phi) is 9.80. The number of anilines is 2. The first-order valence-electron chi connectivity index (χ1n) is 14.6. The van der Waals surface area contributed by atoms with Gasteiger partial charge in [-0.25, -0.2) is 4.98 Å². The third-order valence-corrected chi connectivity index (χ3v) is 8.47. The highest BCUT2D eigenvalue weighted by Crippen LogP contribution is 2.41. The number of piperidine rings is 1. The van der Waals surface area contributed by atoms with Crippen LogP contribution in [0.1, 0.15) is 62.5 Å². The number of ether oxygens (including phenoxy) is 2. The van der Waals surface area contributed by atoms with Crippen LogP contribution in [-0.4, -0.2) is 45.7 Å². The summed E-state index contributed by atoms with van der Waals surface area (Å²) in [7, 11) is 0. The van der Waals surface area contributed by atoms with Gasteiger partial charge in [-0.15, -0.1) is 11.3 Å². The lowest BCUT2D eigenvalue weighted by Crippen LogP contribution is -2.37. The van der Waals surface area contributed by atoms with Crippen molar-refractivity contribution in [2.75, 3.05) is 23.3 Å². The molecule has 1 aliphatic rings. The first kappa shape index (κ1) is 31.4. The molecule has 5 rings (SSSR count). The number of nitrogens with zero attached hydrogens (tertiary/aromatic N) is 4. The standard InChI is InChI=1S/C33H36ClN5O4S/c1-21-27(42-28-10-6-5-9-24(28)34)13-12-25(37-31(41)26-20-44-32(38-26)23-15-16-35-36-18-23)30(21)39-17-7-8-22(19-39)11-14-29(40)43-33(2,3)4/h5-6,9-10,12-13,15-16,18,20,22H,7-8,11,14,17,19H2,1-4H3,(H,37,41)/t22-/m0/s1. The summed E-state index contributed by atoms with van der Waals surface area (Å²) in [5.74, 6) is 0.993. The summed E-state index contributed by atoms with van der Waals surface area (Å²) >= 11 is 7.78. The van der Waals surface area contributed by atoms with E-state index in [4.69, 9.17) is 21.1 Å². The number of carbonyl (C=O) groups is 2. The van der Waals surface area contributed by atoms with Gasteiger partial charge in [-0.2, -0.15) is 10.2 Å². The number of benzene rings is 2. The van der Waals surface area contributed by atoms with Crippen LogP contribution < -0.4 is 15.0 Å². The molecular weight excluding hydrogens is 598 g/mol. The van der Waals surface area contributed by atoms with E-state index in [9.17, 15) is 9.59 Å². The molecule has 1 aliphatic heterocycles. The maximum absolute atomic E-state index is 13.5. The van der Waals surface area contributed by atoms with Gasteiger partial charge in [-0.05, 0) is 83.2 Å². The molecule has 1 amide bonds. The van der Waals surface area contributed by atoms with Crippen molar-refractivity contribution in [3.63, 3.8) is 0 Å². The SMILES string of the molecule is Cc1c(Oc2ccccc2Cl)ccc(NC(=O)c2csc(-c3ccnnc3)n2)c1N1CCC[C@@H](CCC(=O)OC(C)(C)C)C1.